The molecule has 10 heteroatoms. The maximum Gasteiger partial charge on any atom is 0.369 e. The van der Waals surface area contributed by atoms with Gasteiger partial charge in [0.25, 0.3) is 0 Å². The van der Waals surface area contributed by atoms with Gasteiger partial charge in [0.15, 0.2) is 1.41 Å². The van der Waals surface area contributed by atoms with Gasteiger partial charge in [-0.25, -0.2) is 4.79 Å². The van der Waals surface area contributed by atoms with Gasteiger partial charge in [-0.3, -0.25) is 5.09 Å². The first kappa shape index (κ1) is 12.2. The molecule has 3 rings (SSSR count). The Hall–Kier alpha value is -2.55. The zero-order chi connectivity index (χ0) is 15.9. The molecule has 3 aromatic heterocycles. The lowest BCUT2D eigenvalue weighted by Crippen LogP contribution is -2.24. The van der Waals surface area contributed by atoms with E-state index in [1.807, 2.05) is 0 Å². The molecule has 110 valence electrons. The van der Waals surface area contributed by atoms with Crippen molar-refractivity contribution in [2.75, 3.05) is 0 Å². The Labute approximate surface area is 125 Å². The van der Waals surface area contributed by atoms with E-state index in [4.69, 9.17) is 17.7 Å². The summed E-state index contributed by atoms with van der Waals surface area (Å²) in [5.74, 6) is 0.751. The van der Waals surface area contributed by atoms with E-state index in [-0.39, 0.29) is 12.5 Å². The van der Waals surface area contributed by atoms with Crippen molar-refractivity contribution in [1.29, 1.82) is 0 Å². The van der Waals surface area contributed by atoms with E-state index in [1.165, 1.54) is 13.2 Å². The fourth-order valence-electron chi connectivity index (χ4n) is 1.93. The number of aromatic amines is 1. The van der Waals surface area contributed by atoms with E-state index in [2.05, 4.69) is 15.5 Å². The van der Waals surface area contributed by atoms with Gasteiger partial charge in [0.2, 0.25) is 5.88 Å². The van der Waals surface area contributed by atoms with Crippen LogP contribution in [0.3, 0.4) is 0 Å². The second kappa shape index (κ2) is 5.09. The molecule has 3 aromatic rings. The highest BCUT2D eigenvalue weighted by molar-refractivity contribution is 6.31. The smallest absolute Gasteiger partial charge is 0.369 e. The van der Waals surface area contributed by atoms with Gasteiger partial charge in [0, 0.05) is 32.6 Å². The minimum atomic E-state index is -0.394. The van der Waals surface area contributed by atoms with Gasteiger partial charge in [-0.1, -0.05) is 11.6 Å². The Bertz CT molecular complexity index is 878. The topological polar surface area (TPSA) is 95.5 Å². The van der Waals surface area contributed by atoms with Crippen LogP contribution >= 0.6 is 11.6 Å². The predicted molar refractivity (Wildman–Crippen MR) is 73.5 cm³/mol. The molecular formula is C11H12ClN7O2. The summed E-state index contributed by atoms with van der Waals surface area (Å²) in [4.78, 5) is 12.0. The molecule has 0 aliphatic heterocycles. The number of nitrogens with one attached hydrogen (secondary N) is 1. The lowest BCUT2D eigenvalue weighted by atomic mass is 10.3. The molecule has 1 N–H and O–H groups in total. The molecule has 9 nitrogen and oxygen atoms in total. The van der Waals surface area contributed by atoms with Crippen molar-refractivity contribution >= 4 is 11.6 Å². The molecule has 0 aromatic carbocycles. The Balaban J connectivity index is 1.97. The van der Waals surface area contributed by atoms with Crippen molar-refractivity contribution in [3.05, 3.63) is 39.5 Å². The molecule has 0 aliphatic rings. The van der Waals surface area contributed by atoms with Crippen LogP contribution < -0.4 is 10.4 Å². The third-order valence-corrected chi connectivity index (χ3v) is 3.25. The van der Waals surface area contributed by atoms with Crippen LogP contribution in [-0.2, 0) is 20.7 Å². The molecule has 0 saturated heterocycles. The number of halogens is 1. The standard InChI is InChI=1S/C11H12ClN7O2/c1-17-5-8(12)7(6-21-9-3-4-13-14-9)10(17)19-11(20)18(2)15-16-19/h3-5H,6H2,1-2H3,(H,13,14)/i/hT. The summed E-state index contributed by atoms with van der Waals surface area (Å²) >= 11 is 6.20. The summed E-state index contributed by atoms with van der Waals surface area (Å²) in [5.41, 5.74) is 0.181. The number of hydrogen-bond donors (Lipinski definition) is 1. The Morgan fingerprint density at radius 2 is 2.29 bits per heavy atom. The fourth-order valence-corrected chi connectivity index (χ4v) is 2.22. The van der Waals surface area contributed by atoms with Gasteiger partial charge in [0.05, 0.1) is 10.6 Å². The number of tetrazole rings is 1. The lowest BCUT2D eigenvalue weighted by Gasteiger charge is -2.06. The van der Waals surface area contributed by atoms with Gasteiger partial charge < -0.3 is 9.30 Å². The lowest BCUT2D eigenvalue weighted by molar-refractivity contribution is 0.293. The largest absolute Gasteiger partial charge is 0.472 e. The first-order valence-electron chi connectivity index (χ1n) is 6.43. The molecule has 0 bridgehead atoms. The van der Waals surface area contributed by atoms with Crippen molar-refractivity contribution in [2.24, 2.45) is 14.1 Å². The molecule has 0 spiro atoms. The zero-order valence-electron chi connectivity index (χ0n) is 12.3. The third-order valence-electron chi connectivity index (χ3n) is 2.93. The van der Waals surface area contributed by atoms with E-state index in [1.54, 1.807) is 23.9 Å². The van der Waals surface area contributed by atoms with Gasteiger partial charge >= 0.3 is 5.69 Å². The van der Waals surface area contributed by atoms with E-state index in [9.17, 15) is 4.79 Å². The number of ether oxygens (including phenoxy) is 1. The zero-order valence-corrected chi connectivity index (χ0v) is 12.0. The van der Waals surface area contributed by atoms with Crippen LogP contribution in [0.15, 0.2) is 23.3 Å². The summed E-state index contributed by atoms with van der Waals surface area (Å²) in [7, 11) is 3.25. The normalized spacial score (nSPS) is 11.7. The minimum absolute atomic E-state index is 0.0784. The number of aryl methyl sites for hydroxylation is 2. The highest BCUT2D eigenvalue weighted by atomic mass is 35.5. The van der Waals surface area contributed by atoms with Crippen LogP contribution in [-0.4, -0.2) is 34.5 Å². The summed E-state index contributed by atoms with van der Waals surface area (Å²) in [6.07, 6.45) is 3.09. The van der Waals surface area contributed by atoms with Crippen molar-refractivity contribution < 1.29 is 6.15 Å². The van der Waals surface area contributed by atoms with E-state index < -0.39 is 5.69 Å². The Kier molecular flexibility index (Phi) is 2.96. The first-order chi connectivity index (χ1) is 10.5. The second-order valence-electron chi connectivity index (χ2n) is 4.35. The summed E-state index contributed by atoms with van der Waals surface area (Å²) in [6, 6.07) is 1.55. The predicted octanol–water partition coefficient (Wildman–Crippen LogP) is 0.260. The number of hydrogen-bond acceptors (Lipinski definition) is 5. The minimum Gasteiger partial charge on any atom is -0.472 e. The Morgan fingerprint density at radius 1 is 1.48 bits per heavy atom. The van der Waals surface area contributed by atoms with Crippen LogP contribution in [0.2, 0.25) is 6.43 Å². The molecule has 0 amide bonds. The molecule has 3 heterocycles. The van der Waals surface area contributed by atoms with Crippen LogP contribution in [0, 0.1) is 0 Å². The molecule has 0 fully saturated rings. The monoisotopic (exact) mass is 311 g/mol. The fraction of sp³-hybridized carbons (Fsp3) is 0.273. The summed E-state index contributed by atoms with van der Waals surface area (Å²) in [6.45, 7) is 0.0784. The van der Waals surface area contributed by atoms with Crippen LogP contribution in [0.4, 0.5) is 0 Å². The SMILES string of the molecule is [3H]n1ccc(OCc2c(Cl)cn(C)c2-n2nnn(C)c2=O)n1. The summed E-state index contributed by atoms with van der Waals surface area (Å²) < 4.78 is 16.7. The average molecular weight is 312 g/mol. The van der Waals surface area contributed by atoms with Crippen LogP contribution in [0.25, 0.3) is 5.82 Å². The van der Waals surface area contributed by atoms with E-state index in [0.29, 0.717) is 16.4 Å². The third kappa shape index (κ3) is 2.31. The summed E-state index contributed by atoms with van der Waals surface area (Å²) in [5, 5.41) is 12.6. The van der Waals surface area contributed by atoms with E-state index >= 15 is 0 Å². The van der Waals surface area contributed by atoms with Crippen LogP contribution in [0.1, 0.15) is 5.56 Å². The molecule has 0 aliphatic carbocycles. The van der Waals surface area contributed by atoms with Crippen LogP contribution in [0.5, 0.6) is 5.88 Å². The first-order valence-corrected chi connectivity index (χ1v) is 6.36. The van der Waals surface area contributed by atoms with E-state index in [0.717, 1.165) is 14.5 Å². The van der Waals surface area contributed by atoms with Crippen molar-refractivity contribution in [3.8, 4) is 11.7 Å². The number of nitrogens with zero attached hydrogens (tertiary/aromatic N) is 6. The Morgan fingerprint density at radius 3 is 2.90 bits per heavy atom. The van der Waals surface area contributed by atoms with Crippen molar-refractivity contribution in [1.82, 2.24) is 34.5 Å². The average Bonchev–Trinajstić information content (AvgIpc) is 3.09. The highest BCUT2D eigenvalue weighted by Gasteiger charge is 2.19. The number of rotatable bonds is 4. The van der Waals surface area contributed by atoms with Crippen molar-refractivity contribution in [2.45, 2.75) is 6.61 Å². The molecule has 0 saturated carbocycles. The molecule has 0 atom stereocenters. The molecule has 21 heavy (non-hydrogen) atoms. The van der Waals surface area contributed by atoms with Gasteiger partial charge in [-0.2, -0.15) is 4.68 Å². The number of H-pyrrole nitrogens is 1. The van der Waals surface area contributed by atoms with Crippen molar-refractivity contribution in [3.63, 3.8) is 0 Å². The molecule has 0 unspecified atom stereocenters. The van der Waals surface area contributed by atoms with Gasteiger partial charge in [0.1, 0.15) is 12.4 Å². The quantitative estimate of drug-likeness (QED) is 0.745. The molecular weight excluding hydrogens is 298 g/mol. The number of aromatic nitrogens is 7. The second-order valence-corrected chi connectivity index (χ2v) is 4.75. The van der Waals surface area contributed by atoms with Gasteiger partial charge in [-0.05, 0) is 10.4 Å². The maximum absolute atomic E-state index is 12.0. The van der Waals surface area contributed by atoms with Gasteiger partial charge in [-0.15, -0.1) is 9.78 Å². The molecule has 0 radical (unpaired) electrons. The maximum atomic E-state index is 12.0. The highest BCUT2D eigenvalue weighted by Crippen LogP contribution is 2.25.